The molecule has 0 fully saturated rings. The van der Waals surface area contributed by atoms with Crippen LogP contribution in [0.3, 0.4) is 0 Å². The van der Waals surface area contributed by atoms with Gasteiger partial charge in [0, 0.05) is 18.6 Å². The van der Waals surface area contributed by atoms with E-state index in [1.54, 1.807) is 0 Å². The van der Waals surface area contributed by atoms with Crippen LogP contribution in [0, 0.1) is 0 Å². The van der Waals surface area contributed by atoms with Crippen LogP contribution in [0.2, 0.25) is 0 Å². The smallest absolute Gasteiger partial charge is 0.0256 e. The molecule has 1 aliphatic heterocycles. The number of nitrogens with zero attached hydrogens (tertiary/aromatic N) is 1. The van der Waals surface area contributed by atoms with E-state index in [0.29, 0.717) is 12.1 Å². The van der Waals surface area contributed by atoms with E-state index in [0.717, 1.165) is 6.54 Å². The number of hydrogen-bond donors (Lipinski definition) is 0. The molecule has 0 amide bonds. The summed E-state index contributed by atoms with van der Waals surface area (Å²) in [5.41, 5.74) is 1.41. The highest BCUT2D eigenvalue weighted by Crippen LogP contribution is 2.19. The highest BCUT2D eigenvalue weighted by molar-refractivity contribution is 5.15. The number of benzene rings is 1. The van der Waals surface area contributed by atoms with Crippen molar-refractivity contribution in [2.75, 3.05) is 0 Å². The summed E-state index contributed by atoms with van der Waals surface area (Å²) in [5.74, 6) is 0. The zero-order chi connectivity index (χ0) is 10.7. The highest BCUT2D eigenvalue weighted by atomic mass is 15.2. The van der Waals surface area contributed by atoms with E-state index in [4.69, 9.17) is 0 Å². The molecule has 0 spiro atoms. The van der Waals surface area contributed by atoms with Gasteiger partial charge in [0.15, 0.2) is 0 Å². The van der Waals surface area contributed by atoms with E-state index in [1.165, 1.54) is 12.0 Å². The summed E-state index contributed by atoms with van der Waals surface area (Å²) in [4.78, 5) is 2.55. The molecule has 1 heterocycles. The van der Waals surface area contributed by atoms with Crippen LogP contribution < -0.4 is 0 Å². The molecule has 0 saturated heterocycles. The van der Waals surface area contributed by atoms with Crippen molar-refractivity contribution in [2.24, 2.45) is 0 Å². The highest BCUT2D eigenvalue weighted by Gasteiger charge is 2.20. The van der Waals surface area contributed by atoms with Crippen molar-refractivity contribution >= 4 is 0 Å². The fraction of sp³-hybridized carbons (Fsp3) is 0.429. The molecule has 0 aromatic heterocycles. The molecule has 0 aliphatic carbocycles. The second kappa shape index (κ2) is 4.63. The van der Waals surface area contributed by atoms with E-state index in [1.807, 2.05) is 0 Å². The molecule has 1 heteroatoms. The molecule has 1 aromatic rings. The minimum atomic E-state index is 0.564. The van der Waals surface area contributed by atoms with Gasteiger partial charge in [-0.1, -0.05) is 42.5 Å². The maximum absolute atomic E-state index is 2.55. The van der Waals surface area contributed by atoms with Gasteiger partial charge in [0.25, 0.3) is 0 Å². The van der Waals surface area contributed by atoms with Crippen LogP contribution in [-0.2, 0) is 6.54 Å². The number of rotatable bonds is 2. The summed E-state index contributed by atoms with van der Waals surface area (Å²) < 4.78 is 0. The van der Waals surface area contributed by atoms with Gasteiger partial charge in [-0.2, -0.15) is 0 Å². The van der Waals surface area contributed by atoms with E-state index >= 15 is 0 Å². The molecule has 2 rings (SSSR count). The molecular weight excluding hydrogens is 182 g/mol. The second-order valence-corrected chi connectivity index (χ2v) is 4.41. The molecule has 1 aromatic carbocycles. The van der Waals surface area contributed by atoms with Crippen molar-refractivity contribution in [3.8, 4) is 0 Å². The van der Waals surface area contributed by atoms with Crippen molar-refractivity contribution in [1.82, 2.24) is 4.90 Å². The van der Waals surface area contributed by atoms with Crippen molar-refractivity contribution in [3.63, 3.8) is 0 Å². The average Bonchev–Trinajstić information content (AvgIpc) is 2.25. The van der Waals surface area contributed by atoms with Crippen molar-refractivity contribution in [2.45, 2.75) is 38.9 Å². The predicted octanol–water partition coefficient (Wildman–Crippen LogP) is 3.23. The monoisotopic (exact) mass is 201 g/mol. The SMILES string of the molecule is CC1C=CCC(C)N1Cc1ccccc1. The Morgan fingerprint density at radius 2 is 1.93 bits per heavy atom. The normalized spacial score (nSPS) is 26.8. The van der Waals surface area contributed by atoms with E-state index < -0.39 is 0 Å². The van der Waals surface area contributed by atoms with Gasteiger partial charge in [-0.05, 0) is 25.8 Å². The summed E-state index contributed by atoms with van der Waals surface area (Å²) in [6, 6.07) is 11.9. The topological polar surface area (TPSA) is 3.24 Å². The van der Waals surface area contributed by atoms with E-state index in [2.05, 4.69) is 61.2 Å². The first-order valence-corrected chi connectivity index (χ1v) is 5.73. The first-order chi connectivity index (χ1) is 7.27. The molecule has 0 saturated carbocycles. The van der Waals surface area contributed by atoms with Crippen LogP contribution >= 0.6 is 0 Å². The molecule has 2 atom stereocenters. The lowest BCUT2D eigenvalue weighted by atomic mass is 10.0. The van der Waals surface area contributed by atoms with Gasteiger partial charge < -0.3 is 0 Å². The molecule has 0 bridgehead atoms. The predicted molar refractivity (Wildman–Crippen MR) is 64.7 cm³/mol. The Labute approximate surface area is 92.4 Å². The zero-order valence-electron chi connectivity index (χ0n) is 9.56. The van der Waals surface area contributed by atoms with Gasteiger partial charge >= 0.3 is 0 Å². The van der Waals surface area contributed by atoms with Gasteiger partial charge in [0.05, 0.1) is 0 Å². The lowest BCUT2D eigenvalue weighted by molar-refractivity contribution is 0.162. The first kappa shape index (κ1) is 10.4. The third kappa shape index (κ3) is 2.48. The fourth-order valence-electron chi connectivity index (χ4n) is 2.21. The second-order valence-electron chi connectivity index (χ2n) is 4.41. The van der Waals surface area contributed by atoms with Crippen LogP contribution in [0.15, 0.2) is 42.5 Å². The maximum atomic E-state index is 2.55. The van der Waals surface area contributed by atoms with Crippen LogP contribution in [0.25, 0.3) is 0 Å². The van der Waals surface area contributed by atoms with Crippen LogP contribution in [0.5, 0.6) is 0 Å². The van der Waals surface area contributed by atoms with Gasteiger partial charge in [-0.15, -0.1) is 0 Å². The largest absolute Gasteiger partial charge is 0.290 e. The Morgan fingerprint density at radius 1 is 1.20 bits per heavy atom. The van der Waals surface area contributed by atoms with E-state index in [9.17, 15) is 0 Å². The van der Waals surface area contributed by atoms with E-state index in [-0.39, 0.29) is 0 Å². The third-order valence-corrected chi connectivity index (χ3v) is 3.19. The molecule has 0 radical (unpaired) electrons. The van der Waals surface area contributed by atoms with Crippen LogP contribution in [0.4, 0.5) is 0 Å². The van der Waals surface area contributed by atoms with Crippen molar-refractivity contribution in [3.05, 3.63) is 48.0 Å². The molecule has 2 unspecified atom stereocenters. The average molecular weight is 201 g/mol. The van der Waals surface area contributed by atoms with Crippen LogP contribution in [0.1, 0.15) is 25.8 Å². The van der Waals surface area contributed by atoms with Gasteiger partial charge in [-0.25, -0.2) is 0 Å². The Kier molecular flexibility index (Phi) is 3.22. The molecule has 0 N–H and O–H groups in total. The third-order valence-electron chi connectivity index (χ3n) is 3.19. The standard InChI is InChI=1S/C14H19N/c1-12-7-6-8-13(2)15(12)11-14-9-4-3-5-10-14/h3-7,9-10,12-13H,8,11H2,1-2H3. The number of hydrogen-bond acceptors (Lipinski definition) is 1. The summed E-state index contributed by atoms with van der Waals surface area (Å²) in [6.07, 6.45) is 5.79. The van der Waals surface area contributed by atoms with Gasteiger partial charge in [0.1, 0.15) is 0 Å². The van der Waals surface area contributed by atoms with Gasteiger partial charge in [-0.3, -0.25) is 4.90 Å². The summed E-state index contributed by atoms with van der Waals surface area (Å²) >= 11 is 0. The maximum Gasteiger partial charge on any atom is 0.0256 e. The molecular formula is C14H19N. The Balaban J connectivity index is 2.08. The summed E-state index contributed by atoms with van der Waals surface area (Å²) in [6.45, 7) is 5.64. The molecule has 15 heavy (non-hydrogen) atoms. The lowest BCUT2D eigenvalue weighted by Crippen LogP contribution is -2.40. The molecule has 1 nitrogen and oxygen atoms in total. The Bertz CT molecular complexity index is 328. The minimum Gasteiger partial charge on any atom is -0.290 e. The van der Waals surface area contributed by atoms with Crippen molar-refractivity contribution in [1.29, 1.82) is 0 Å². The fourth-order valence-corrected chi connectivity index (χ4v) is 2.21. The molecule has 80 valence electrons. The Morgan fingerprint density at radius 3 is 2.60 bits per heavy atom. The minimum absolute atomic E-state index is 0.564. The Hall–Kier alpha value is -1.08. The first-order valence-electron chi connectivity index (χ1n) is 5.73. The summed E-state index contributed by atoms with van der Waals surface area (Å²) in [7, 11) is 0. The van der Waals surface area contributed by atoms with Crippen LogP contribution in [-0.4, -0.2) is 17.0 Å². The van der Waals surface area contributed by atoms with Crippen molar-refractivity contribution < 1.29 is 0 Å². The quantitative estimate of drug-likeness (QED) is 0.664. The molecule has 1 aliphatic rings. The summed E-state index contributed by atoms with van der Waals surface area (Å²) in [5, 5.41) is 0. The lowest BCUT2D eigenvalue weighted by Gasteiger charge is -2.35. The van der Waals surface area contributed by atoms with Gasteiger partial charge in [0.2, 0.25) is 0 Å². The zero-order valence-corrected chi connectivity index (χ0v) is 9.56.